The summed E-state index contributed by atoms with van der Waals surface area (Å²) in [6, 6.07) is -1.70. The molecular formula is C3H8F3NS. The molecule has 2 N–H and O–H groups in total. The lowest BCUT2D eigenvalue weighted by atomic mass is 10.4. The Balaban J connectivity index is 0. The lowest BCUT2D eigenvalue weighted by Crippen LogP contribution is -2.33. The molecule has 0 saturated carbocycles. The summed E-state index contributed by atoms with van der Waals surface area (Å²) in [7, 11) is 0. The Morgan fingerprint density at radius 1 is 1.38 bits per heavy atom. The molecule has 52 valence electrons. The van der Waals surface area contributed by atoms with E-state index in [1.54, 1.807) is 0 Å². The van der Waals surface area contributed by atoms with Crippen molar-refractivity contribution in [3.8, 4) is 0 Å². The second-order valence-electron chi connectivity index (χ2n) is 1.33. The van der Waals surface area contributed by atoms with Gasteiger partial charge < -0.3 is 5.73 Å². The van der Waals surface area contributed by atoms with Gasteiger partial charge in [0.1, 0.15) is 0 Å². The molecule has 0 aliphatic heterocycles. The molecule has 0 bridgehead atoms. The van der Waals surface area contributed by atoms with Crippen molar-refractivity contribution >= 4 is 13.5 Å². The van der Waals surface area contributed by atoms with Gasteiger partial charge >= 0.3 is 6.18 Å². The number of nitrogens with two attached hydrogens (primary N) is 1. The van der Waals surface area contributed by atoms with E-state index in [0.717, 1.165) is 6.92 Å². The zero-order chi connectivity index (χ0) is 6.08. The van der Waals surface area contributed by atoms with E-state index in [1.165, 1.54) is 0 Å². The largest absolute Gasteiger partial charge is 0.403 e. The molecule has 0 aliphatic carbocycles. The van der Waals surface area contributed by atoms with Gasteiger partial charge in [0.2, 0.25) is 0 Å². The van der Waals surface area contributed by atoms with Crippen LogP contribution < -0.4 is 5.73 Å². The first kappa shape index (κ1) is 11.0. The van der Waals surface area contributed by atoms with Crippen LogP contribution in [0.2, 0.25) is 0 Å². The van der Waals surface area contributed by atoms with Crippen molar-refractivity contribution in [2.45, 2.75) is 19.1 Å². The van der Waals surface area contributed by atoms with Crippen LogP contribution in [0, 0.1) is 0 Å². The Labute approximate surface area is 52.5 Å². The Kier molecular flexibility index (Phi) is 4.38. The smallest absolute Gasteiger partial charge is 0.320 e. The van der Waals surface area contributed by atoms with Crippen molar-refractivity contribution in [3.05, 3.63) is 0 Å². The summed E-state index contributed by atoms with van der Waals surface area (Å²) < 4.78 is 33.2. The summed E-state index contributed by atoms with van der Waals surface area (Å²) in [5.74, 6) is 0. The molecule has 0 rings (SSSR count). The Morgan fingerprint density at radius 3 is 1.50 bits per heavy atom. The molecule has 0 aromatic heterocycles. The maximum absolute atomic E-state index is 11.1. The van der Waals surface area contributed by atoms with Crippen LogP contribution in [0.15, 0.2) is 0 Å². The van der Waals surface area contributed by atoms with Gasteiger partial charge in [-0.05, 0) is 6.92 Å². The molecule has 0 aliphatic rings. The van der Waals surface area contributed by atoms with Crippen LogP contribution in [0.5, 0.6) is 0 Å². The third kappa shape index (κ3) is 4.26. The molecule has 0 aromatic rings. The normalized spacial score (nSPS) is 14.6. The van der Waals surface area contributed by atoms with E-state index in [0.29, 0.717) is 0 Å². The molecule has 0 fully saturated rings. The van der Waals surface area contributed by atoms with Crippen molar-refractivity contribution in [2.75, 3.05) is 0 Å². The summed E-state index contributed by atoms with van der Waals surface area (Å²) in [5.41, 5.74) is 4.44. The molecular weight excluding hydrogens is 139 g/mol. The molecule has 0 aromatic carbocycles. The predicted molar refractivity (Wildman–Crippen MR) is 30.1 cm³/mol. The molecule has 8 heavy (non-hydrogen) atoms. The number of rotatable bonds is 0. The van der Waals surface area contributed by atoms with Crippen LogP contribution in [0.25, 0.3) is 0 Å². The zero-order valence-electron chi connectivity index (χ0n) is 4.29. The SMILES string of the molecule is C[C@H](N)C(F)(F)F.S. The summed E-state index contributed by atoms with van der Waals surface area (Å²) >= 11 is 0. The molecule has 5 heteroatoms. The fraction of sp³-hybridized carbons (Fsp3) is 1.00. The first-order chi connectivity index (χ1) is 2.94. The first-order valence-corrected chi connectivity index (χ1v) is 1.77. The molecule has 0 saturated heterocycles. The molecule has 0 heterocycles. The molecule has 0 unspecified atom stereocenters. The minimum absolute atomic E-state index is 0. The van der Waals surface area contributed by atoms with Gasteiger partial charge in [-0.2, -0.15) is 26.7 Å². The highest BCUT2D eigenvalue weighted by Crippen LogP contribution is 2.16. The van der Waals surface area contributed by atoms with Gasteiger partial charge in [-0.3, -0.25) is 0 Å². The summed E-state index contributed by atoms with van der Waals surface area (Å²) in [4.78, 5) is 0. The van der Waals surface area contributed by atoms with Crippen molar-refractivity contribution < 1.29 is 13.2 Å². The van der Waals surface area contributed by atoms with E-state index in [2.05, 4.69) is 5.73 Å². The average Bonchev–Trinajstić information content (AvgIpc) is 1.31. The van der Waals surface area contributed by atoms with Crippen LogP contribution in [-0.2, 0) is 0 Å². The molecule has 1 atom stereocenters. The van der Waals surface area contributed by atoms with Gasteiger partial charge in [-0.15, -0.1) is 0 Å². The van der Waals surface area contributed by atoms with Gasteiger partial charge in [-0.25, -0.2) is 0 Å². The predicted octanol–water partition coefficient (Wildman–Crippen LogP) is 1.01. The lowest BCUT2D eigenvalue weighted by Gasteiger charge is -2.07. The van der Waals surface area contributed by atoms with Gasteiger partial charge in [0, 0.05) is 0 Å². The van der Waals surface area contributed by atoms with Crippen LogP contribution in [-0.4, -0.2) is 12.2 Å². The number of hydrogen-bond donors (Lipinski definition) is 1. The Hall–Kier alpha value is 0.100. The van der Waals surface area contributed by atoms with Crippen LogP contribution in [0.3, 0.4) is 0 Å². The third-order valence-electron chi connectivity index (χ3n) is 0.516. The van der Waals surface area contributed by atoms with E-state index >= 15 is 0 Å². The van der Waals surface area contributed by atoms with Crippen molar-refractivity contribution in [1.29, 1.82) is 0 Å². The van der Waals surface area contributed by atoms with Gasteiger partial charge in [-0.1, -0.05) is 0 Å². The molecule has 0 amide bonds. The highest BCUT2D eigenvalue weighted by Gasteiger charge is 2.32. The minimum Gasteiger partial charge on any atom is -0.320 e. The Morgan fingerprint density at radius 2 is 1.50 bits per heavy atom. The monoisotopic (exact) mass is 147 g/mol. The van der Waals surface area contributed by atoms with E-state index in [9.17, 15) is 13.2 Å². The quantitative estimate of drug-likeness (QED) is 0.543. The minimum atomic E-state index is -4.22. The van der Waals surface area contributed by atoms with Crippen molar-refractivity contribution in [2.24, 2.45) is 5.73 Å². The summed E-state index contributed by atoms with van der Waals surface area (Å²) in [6.45, 7) is 0.903. The van der Waals surface area contributed by atoms with E-state index in [1.807, 2.05) is 0 Å². The second-order valence-corrected chi connectivity index (χ2v) is 1.33. The fourth-order valence-electron chi connectivity index (χ4n) is 0. The molecule has 1 nitrogen and oxygen atoms in total. The van der Waals surface area contributed by atoms with Crippen LogP contribution >= 0.6 is 13.5 Å². The van der Waals surface area contributed by atoms with Gasteiger partial charge in [0.25, 0.3) is 0 Å². The molecule has 0 radical (unpaired) electrons. The standard InChI is InChI=1S/C3H6F3N.H2S/c1-2(7)3(4,5)6;/h2H,7H2,1H3;1H2/t2-;/m0./s1. The van der Waals surface area contributed by atoms with Gasteiger partial charge in [0.15, 0.2) is 0 Å². The third-order valence-corrected chi connectivity index (χ3v) is 0.516. The number of hydrogen-bond acceptors (Lipinski definition) is 1. The molecule has 0 spiro atoms. The summed E-state index contributed by atoms with van der Waals surface area (Å²) in [5, 5.41) is 0. The van der Waals surface area contributed by atoms with Crippen molar-refractivity contribution in [3.63, 3.8) is 0 Å². The van der Waals surface area contributed by atoms with Crippen LogP contribution in [0.1, 0.15) is 6.92 Å². The van der Waals surface area contributed by atoms with Crippen LogP contribution in [0.4, 0.5) is 13.2 Å². The zero-order valence-corrected chi connectivity index (χ0v) is 5.29. The van der Waals surface area contributed by atoms with Gasteiger partial charge in [0.05, 0.1) is 6.04 Å². The highest BCUT2D eigenvalue weighted by atomic mass is 32.1. The topological polar surface area (TPSA) is 26.0 Å². The second kappa shape index (κ2) is 3.19. The van der Waals surface area contributed by atoms with Crippen molar-refractivity contribution in [1.82, 2.24) is 0 Å². The maximum atomic E-state index is 11.1. The first-order valence-electron chi connectivity index (χ1n) is 1.77. The number of halogens is 3. The average molecular weight is 147 g/mol. The lowest BCUT2D eigenvalue weighted by molar-refractivity contribution is -0.143. The fourth-order valence-corrected chi connectivity index (χ4v) is 0. The van der Waals surface area contributed by atoms with E-state index < -0.39 is 12.2 Å². The van der Waals surface area contributed by atoms with E-state index in [-0.39, 0.29) is 13.5 Å². The number of alkyl halides is 3. The van der Waals surface area contributed by atoms with E-state index in [4.69, 9.17) is 0 Å². The Bertz CT molecular complexity index is 60.0. The highest BCUT2D eigenvalue weighted by molar-refractivity contribution is 7.59. The summed E-state index contributed by atoms with van der Waals surface area (Å²) in [6.07, 6.45) is -4.22. The maximum Gasteiger partial charge on any atom is 0.403 e.